The maximum absolute atomic E-state index is 11.3. The second-order valence-electron chi connectivity index (χ2n) is 5.15. The van der Waals surface area contributed by atoms with Crippen molar-refractivity contribution in [1.82, 2.24) is 5.32 Å². The second-order valence-corrected chi connectivity index (χ2v) is 5.15. The number of nitrogens with zero attached hydrogens (tertiary/aromatic N) is 1. The summed E-state index contributed by atoms with van der Waals surface area (Å²) in [6.45, 7) is 3.80. The van der Waals surface area contributed by atoms with Crippen molar-refractivity contribution in [3.63, 3.8) is 0 Å². The number of carbonyl (C=O) groups excluding carboxylic acids is 1. The van der Waals surface area contributed by atoms with Crippen molar-refractivity contribution in [2.75, 3.05) is 19.0 Å². The quantitative estimate of drug-likeness (QED) is 0.868. The lowest BCUT2D eigenvalue weighted by Gasteiger charge is -2.29. The first-order chi connectivity index (χ1) is 8.97. The Bertz CT molecular complexity index is 546. The van der Waals surface area contributed by atoms with Gasteiger partial charge < -0.3 is 15.4 Å². The SMILES string of the molecule is CNC(c1ccc2c(c1)NC(=O)CO2)C(C)(C)C#N. The highest BCUT2D eigenvalue weighted by atomic mass is 16.5. The highest BCUT2D eigenvalue weighted by Crippen LogP contribution is 2.36. The van der Waals surface area contributed by atoms with Crippen molar-refractivity contribution in [3.05, 3.63) is 23.8 Å². The molecule has 1 amide bonds. The predicted molar refractivity (Wildman–Crippen MR) is 71.8 cm³/mol. The number of carbonyl (C=O) groups is 1. The van der Waals surface area contributed by atoms with Crippen molar-refractivity contribution in [2.24, 2.45) is 5.41 Å². The third-order valence-electron chi connectivity index (χ3n) is 3.27. The van der Waals surface area contributed by atoms with Gasteiger partial charge in [-0.15, -0.1) is 0 Å². The van der Waals surface area contributed by atoms with Gasteiger partial charge in [0.2, 0.25) is 0 Å². The molecule has 0 radical (unpaired) electrons. The minimum Gasteiger partial charge on any atom is -0.482 e. The molecule has 0 saturated heterocycles. The lowest BCUT2D eigenvalue weighted by molar-refractivity contribution is -0.118. The molecule has 0 aliphatic carbocycles. The molecule has 1 atom stereocenters. The average Bonchev–Trinajstić information content (AvgIpc) is 2.38. The molecular weight excluding hydrogens is 242 g/mol. The molecule has 2 rings (SSSR count). The molecule has 1 aromatic rings. The number of ether oxygens (including phenoxy) is 1. The van der Waals surface area contributed by atoms with Gasteiger partial charge in [0.25, 0.3) is 5.91 Å². The molecule has 1 heterocycles. The Hall–Kier alpha value is -2.06. The number of hydrogen-bond donors (Lipinski definition) is 2. The first kappa shape index (κ1) is 13.4. The largest absolute Gasteiger partial charge is 0.482 e. The first-order valence-electron chi connectivity index (χ1n) is 6.13. The summed E-state index contributed by atoms with van der Waals surface area (Å²) >= 11 is 0. The van der Waals surface area contributed by atoms with Crippen LogP contribution in [0, 0.1) is 16.7 Å². The minimum atomic E-state index is -0.553. The van der Waals surface area contributed by atoms with E-state index in [0.29, 0.717) is 11.4 Å². The van der Waals surface area contributed by atoms with Gasteiger partial charge in [-0.2, -0.15) is 5.26 Å². The molecular formula is C14H17N3O2. The number of benzene rings is 1. The van der Waals surface area contributed by atoms with Gasteiger partial charge in [-0.05, 0) is 38.6 Å². The summed E-state index contributed by atoms with van der Waals surface area (Å²) in [5.41, 5.74) is 1.05. The maximum Gasteiger partial charge on any atom is 0.262 e. The van der Waals surface area contributed by atoms with Crippen LogP contribution in [0.5, 0.6) is 5.75 Å². The highest BCUT2D eigenvalue weighted by molar-refractivity contribution is 5.95. The summed E-state index contributed by atoms with van der Waals surface area (Å²) < 4.78 is 5.32. The normalized spacial score (nSPS) is 15.8. The van der Waals surface area contributed by atoms with Crippen molar-refractivity contribution in [1.29, 1.82) is 5.26 Å². The zero-order chi connectivity index (χ0) is 14.0. The summed E-state index contributed by atoms with van der Waals surface area (Å²) in [4.78, 5) is 11.3. The summed E-state index contributed by atoms with van der Waals surface area (Å²) in [5.74, 6) is 0.498. The van der Waals surface area contributed by atoms with Gasteiger partial charge in [0, 0.05) is 0 Å². The Labute approximate surface area is 112 Å². The molecule has 0 spiro atoms. The van der Waals surface area contributed by atoms with Gasteiger partial charge in [0.05, 0.1) is 23.2 Å². The Balaban J connectivity index is 2.38. The van der Waals surface area contributed by atoms with Gasteiger partial charge in [0.1, 0.15) is 5.75 Å². The molecule has 19 heavy (non-hydrogen) atoms. The minimum absolute atomic E-state index is 0.0471. The first-order valence-corrected chi connectivity index (χ1v) is 6.13. The van der Waals surface area contributed by atoms with Gasteiger partial charge in [0.15, 0.2) is 6.61 Å². The number of anilines is 1. The number of fused-ring (bicyclic) bond motifs is 1. The van der Waals surface area contributed by atoms with E-state index >= 15 is 0 Å². The van der Waals surface area contributed by atoms with E-state index in [9.17, 15) is 10.1 Å². The molecule has 100 valence electrons. The second kappa shape index (κ2) is 4.90. The van der Waals surface area contributed by atoms with Crippen LogP contribution in [0.15, 0.2) is 18.2 Å². The van der Waals surface area contributed by atoms with Crippen LogP contribution < -0.4 is 15.4 Å². The van der Waals surface area contributed by atoms with E-state index in [4.69, 9.17) is 4.74 Å². The van der Waals surface area contributed by atoms with Crippen LogP contribution in [0.4, 0.5) is 5.69 Å². The molecule has 1 unspecified atom stereocenters. The lowest BCUT2D eigenvalue weighted by atomic mass is 9.81. The Morgan fingerprint density at radius 3 is 2.89 bits per heavy atom. The van der Waals surface area contributed by atoms with Crippen LogP contribution in [0.3, 0.4) is 0 Å². The number of hydrogen-bond acceptors (Lipinski definition) is 4. The summed E-state index contributed by atoms with van der Waals surface area (Å²) in [6, 6.07) is 7.76. The van der Waals surface area contributed by atoms with E-state index < -0.39 is 5.41 Å². The number of amides is 1. The predicted octanol–water partition coefficient (Wildman–Crippen LogP) is 1.83. The van der Waals surface area contributed by atoms with Gasteiger partial charge >= 0.3 is 0 Å². The number of nitriles is 1. The van der Waals surface area contributed by atoms with E-state index in [2.05, 4.69) is 16.7 Å². The zero-order valence-corrected chi connectivity index (χ0v) is 11.3. The lowest BCUT2D eigenvalue weighted by Crippen LogP contribution is -2.31. The van der Waals surface area contributed by atoms with Crippen LogP contribution in [0.2, 0.25) is 0 Å². The highest BCUT2D eigenvalue weighted by Gasteiger charge is 2.30. The van der Waals surface area contributed by atoms with Gasteiger partial charge in [-0.3, -0.25) is 4.79 Å². The fraction of sp³-hybridized carbons (Fsp3) is 0.429. The van der Waals surface area contributed by atoms with Crippen LogP contribution in [0.25, 0.3) is 0 Å². The van der Waals surface area contributed by atoms with Gasteiger partial charge in [-0.25, -0.2) is 0 Å². The van der Waals surface area contributed by atoms with Crippen molar-refractivity contribution in [2.45, 2.75) is 19.9 Å². The van der Waals surface area contributed by atoms with Crippen molar-refractivity contribution >= 4 is 11.6 Å². The number of nitrogens with one attached hydrogen (secondary N) is 2. The Morgan fingerprint density at radius 1 is 1.53 bits per heavy atom. The molecule has 2 N–H and O–H groups in total. The maximum atomic E-state index is 11.3. The van der Waals surface area contributed by atoms with Gasteiger partial charge in [-0.1, -0.05) is 6.07 Å². The molecule has 0 saturated carbocycles. The standard InChI is InChI=1S/C14H17N3O2/c1-14(2,8-15)13(16-3)9-4-5-11-10(6-9)17-12(18)7-19-11/h4-6,13,16H,7H2,1-3H3,(H,17,18). The average molecular weight is 259 g/mol. The summed E-state index contributed by atoms with van der Waals surface area (Å²) in [7, 11) is 1.82. The van der Waals surface area contributed by atoms with Crippen molar-refractivity contribution < 1.29 is 9.53 Å². The van der Waals surface area contributed by atoms with Crippen LogP contribution in [-0.4, -0.2) is 19.6 Å². The Kier molecular flexibility index (Phi) is 3.45. The Morgan fingerprint density at radius 2 is 2.26 bits per heavy atom. The number of rotatable bonds is 3. The van der Waals surface area contributed by atoms with Crippen LogP contribution >= 0.6 is 0 Å². The molecule has 0 bridgehead atoms. The molecule has 1 aliphatic rings. The fourth-order valence-corrected chi connectivity index (χ4v) is 2.29. The van der Waals surface area contributed by atoms with Crippen LogP contribution in [-0.2, 0) is 4.79 Å². The summed E-state index contributed by atoms with van der Waals surface area (Å²) in [5, 5.41) is 15.2. The smallest absolute Gasteiger partial charge is 0.262 e. The van der Waals surface area contributed by atoms with E-state index in [1.165, 1.54) is 0 Å². The van der Waals surface area contributed by atoms with Crippen molar-refractivity contribution in [3.8, 4) is 11.8 Å². The third kappa shape index (κ3) is 2.54. The molecule has 5 nitrogen and oxygen atoms in total. The molecule has 1 aromatic carbocycles. The van der Waals surface area contributed by atoms with E-state index in [1.807, 2.05) is 39.1 Å². The zero-order valence-electron chi connectivity index (χ0n) is 11.3. The topological polar surface area (TPSA) is 74.2 Å². The monoisotopic (exact) mass is 259 g/mol. The summed E-state index contributed by atoms with van der Waals surface area (Å²) in [6.07, 6.45) is 0. The van der Waals surface area contributed by atoms with E-state index in [0.717, 1.165) is 5.56 Å². The molecule has 1 aliphatic heterocycles. The molecule has 0 aromatic heterocycles. The fourth-order valence-electron chi connectivity index (χ4n) is 2.29. The third-order valence-corrected chi connectivity index (χ3v) is 3.27. The van der Waals surface area contributed by atoms with E-state index in [-0.39, 0.29) is 18.6 Å². The van der Waals surface area contributed by atoms with Crippen LogP contribution in [0.1, 0.15) is 25.5 Å². The molecule has 0 fully saturated rings. The molecule has 5 heteroatoms. The van der Waals surface area contributed by atoms with E-state index in [1.54, 1.807) is 0 Å².